The minimum atomic E-state index is -0.273. The maximum Gasteiger partial charge on any atom is 0.224 e. The van der Waals surface area contributed by atoms with E-state index in [9.17, 15) is 4.79 Å². The lowest BCUT2D eigenvalue weighted by atomic mass is 10.1. The van der Waals surface area contributed by atoms with Gasteiger partial charge < -0.3 is 28.8 Å². The second kappa shape index (κ2) is 14.3. The number of hydrogen-bond acceptors (Lipinski definition) is 6. The second-order valence-corrected chi connectivity index (χ2v) is 9.80. The highest BCUT2D eigenvalue weighted by Gasteiger charge is 2.19. The molecule has 4 rings (SSSR count). The van der Waals surface area contributed by atoms with Gasteiger partial charge in [-0.1, -0.05) is 30.3 Å². The number of hydrogen-bond donors (Lipinski definition) is 1. The van der Waals surface area contributed by atoms with Crippen molar-refractivity contribution < 1.29 is 23.7 Å². The van der Waals surface area contributed by atoms with Crippen LogP contribution in [0.3, 0.4) is 0 Å². The second-order valence-electron chi connectivity index (χ2n) is 9.80. The number of benzene rings is 3. The topological polar surface area (TPSA) is 83.8 Å². The molecular formula is C33H39N3O5. The first-order valence-corrected chi connectivity index (χ1v) is 13.8. The van der Waals surface area contributed by atoms with Crippen LogP contribution in [0, 0.1) is 0 Å². The Kier molecular flexibility index (Phi) is 10.3. The van der Waals surface area contributed by atoms with Crippen LogP contribution in [-0.4, -0.2) is 43.4 Å². The molecule has 41 heavy (non-hydrogen) atoms. The van der Waals surface area contributed by atoms with Crippen molar-refractivity contribution in [3.8, 4) is 23.0 Å². The molecular weight excluding hydrogens is 518 g/mol. The van der Waals surface area contributed by atoms with Gasteiger partial charge in [0.15, 0.2) is 23.0 Å². The lowest BCUT2D eigenvalue weighted by Gasteiger charge is -2.17. The Balaban J connectivity index is 1.38. The molecule has 0 radical (unpaired) electrons. The Labute approximate surface area is 241 Å². The number of carbonyl (C=O) groups is 1. The Morgan fingerprint density at radius 1 is 0.927 bits per heavy atom. The summed E-state index contributed by atoms with van der Waals surface area (Å²) in [5.74, 6) is 3.42. The number of nitrogens with zero attached hydrogens (tertiary/aromatic N) is 2. The number of aromatic nitrogens is 2. The SMILES string of the molecule is C=CCc1ccc(OCCCCn2c(C(C)NC(=O)Cc3ccc(OC)c(OC)c3)nc3ccccc32)c(OC)c1. The van der Waals surface area contributed by atoms with Gasteiger partial charge in [-0.3, -0.25) is 4.79 Å². The summed E-state index contributed by atoms with van der Waals surface area (Å²) in [4.78, 5) is 17.8. The predicted octanol–water partition coefficient (Wildman–Crippen LogP) is 6.07. The van der Waals surface area contributed by atoms with Crippen LogP contribution in [0.2, 0.25) is 0 Å². The molecule has 1 N–H and O–H groups in total. The van der Waals surface area contributed by atoms with Gasteiger partial charge in [-0.15, -0.1) is 6.58 Å². The summed E-state index contributed by atoms with van der Waals surface area (Å²) in [5, 5.41) is 3.12. The third-order valence-corrected chi connectivity index (χ3v) is 6.90. The van der Waals surface area contributed by atoms with Crippen LogP contribution in [0.1, 0.15) is 42.8 Å². The first-order chi connectivity index (χ1) is 20.0. The average Bonchev–Trinajstić information content (AvgIpc) is 3.36. The molecule has 1 amide bonds. The van der Waals surface area contributed by atoms with Gasteiger partial charge in [0.1, 0.15) is 5.82 Å². The van der Waals surface area contributed by atoms with E-state index in [0.29, 0.717) is 18.1 Å². The van der Waals surface area contributed by atoms with E-state index in [2.05, 4.69) is 22.5 Å². The quantitative estimate of drug-likeness (QED) is 0.141. The molecule has 4 aromatic rings. The number of imidazole rings is 1. The molecule has 1 atom stereocenters. The van der Waals surface area contributed by atoms with Gasteiger partial charge in [-0.05, 0) is 73.7 Å². The average molecular weight is 558 g/mol. The summed E-state index contributed by atoms with van der Waals surface area (Å²) >= 11 is 0. The standard InChI is InChI=1S/C33H39N3O5/c1-6-11-24-14-17-29(31(20-24)40-5)41-19-10-9-18-36-27-13-8-7-12-26(27)35-33(36)23(2)34-32(37)22-25-15-16-28(38-3)30(21-25)39-4/h6-8,12-17,20-21,23H,1,9-11,18-19,22H2,2-5H3,(H,34,37). The summed E-state index contributed by atoms with van der Waals surface area (Å²) in [5.41, 5.74) is 3.93. The van der Waals surface area contributed by atoms with Crippen molar-refractivity contribution >= 4 is 16.9 Å². The van der Waals surface area contributed by atoms with E-state index < -0.39 is 0 Å². The number of allylic oxidation sites excluding steroid dienone is 1. The first kappa shape index (κ1) is 29.5. The van der Waals surface area contributed by atoms with Crippen molar-refractivity contribution in [2.45, 2.75) is 45.2 Å². The summed E-state index contributed by atoms with van der Waals surface area (Å²) in [6.45, 7) is 7.08. The zero-order valence-electron chi connectivity index (χ0n) is 24.3. The number of ether oxygens (including phenoxy) is 4. The third kappa shape index (κ3) is 7.39. The van der Waals surface area contributed by atoms with Crippen molar-refractivity contribution in [3.05, 3.63) is 90.3 Å². The fourth-order valence-electron chi connectivity index (χ4n) is 4.87. The molecule has 0 saturated heterocycles. The molecule has 0 fully saturated rings. The maximum atomic E-state index is 13.0. The number of rotatable bonds is 15. The largest absolute Gasteiger partial charge is 0.493 e. The van der Waals surface area contributed by atoms with E-state index in [0.717, 1.165) is 65.3 Å². The van der Waals surface area contributed by atoms with Crippen molar-refractivity contribution in [2.75, 3.05) is 27.9 Å². The zero-order valence-corrected chi connectivity index (χ0v) is 24.3. The van der Waals surface area contributed by atoms with Crippen molar-refractivity contribution in [3.63, 3.8) is 0 Å². The van der Waals surface area contributed by atoms with Gasteiger partial charge >= 0.3 is 0 Å². The van der Waals surface area contributed by atoms with Crippen LogP contribution in [0.25, 0.3) is 11.0 Å². The van der Waals surface area contributed by atoms with E-state index >= 15 is 0 Å². The van der Waals surface area contributed by atoms with Crippen LogP contribution in [-0.2, 0) is 24.2 Å². The number of unbranched alkanes of at least 4 members (excludes halogenated alkanes) is 1. The van der Waals surface area contributed by atoms with Gasteiger partial charge in [-0.2, -0.15) is 0 Å². The molecule has 1 heterocycles. The molecule has 3 aromatic carbocycles. The molecule has 0 saturated carbocycles. The van der Waals surface area contributed by atoms with Gasteiger partial charge in [0.25, 0.3) is 0 Å². The number of carbonyl (C=O) groups excluding carboxylic acids is 1. The van der Waals surface area contributed by atoms with Crippen LogP contribution in [0.4, 0.5) is 0 Å². The highest BCUT2D eigenvalue weighted by Crippen LogP contribution is 2.29. The lowest BCUT2D eigenvalue weighted by Crippen LogP contribution is -2.30. The van der Waals surface area contributed by atoms with Gasteiger partial charge in [-0.25, -0.2) is 4.98 Å². The molecule has 8 nitrogen and oxygen atoms in total. The highest BCUT2D eigenvalue weighted by atomic mass is 16.5. The van der Waals surface area contributed by atoms with Crippen LogP contribution in [0.5, 0.6) is 23.0 Å². The van der Waals surface area contributed by atoms with Gasteiger partial charge in [0, 0.05) is 6.54 Å². The molecule has 0 aliphatic carbocycles. The van der Waals surface area contributed by atoms with Gasteiger partial charge in [0.2, 0.25) is 5.91 Å². The van der Waals surface area contributed by atoms with E-state index in [-0.39, 0.29) is 18.4 Å². The van der Waals surface area contributed by atoms with E-state index in [1.807, 2.05) is 67.6 Å². The number of aryl methyl sites for hydroxylation is 1. The fourth-order valence-corrected chi connectivity index (χ4v) is 4.87. The van der Waals surface area contributed by atoms with Crippen LogP contribution < -0.4 is 24.3 Å². The molecule has 1 aromatic heterocycles. The summed E-state index contributed by atoms with van der Waals surface area (Å²) in [7, 11) is 4.82. The number of amides is 1. The molecule has 8 heteroatoms. The highest BCUT2D eigenvalue weighted by molar-refractivity contribution is 5.80. The van der Waals surface area contributed by atoms with E-state index in [4.69, 9.17) is 23.9 Å². The number of para-hydroxylation sites is 2. The summed E-state index contributed by atoms with van der Waals surface area (Å²) in [6.07, 6.45) is 4.61. The molecule has 216 valence electrons. The molecule has 1 unspecified atom stereocenters. The smallest absolute Gasteiger partial charge is 0.224 e. The van der Waals surface area contributed by atoms with Gasteiger partial charge in [0.05, 0.1) is 51.4 Å². The number of methoxy groups -OCH3 is 3. The Bertz CT molecular complexity index is 1480. The minimum absolute atomic E-state index is 0.0928. The van der Waals surface area contributed by atoms with Crippen LogP contribution in [0.15, 0.2) is 73.3 Å². The Morgan fingerprint density at radius 2 is 1.61 bits per heavy atom. The Morgan fingerprint density at radius 3 is 2.37 bits per heavy atom. The Hall–Kier alpha value is -4.46. The van der Waals surface area contributed by atoms with Crippen molar-refractivity contribution in [2.24, 2.45) is 0 Å². The van der Waals surface area contributed by atoms with Crippen molar-refractivity contribution in [1.82, 2.24) is 14.9 Å². The van der Waals surface area contributed by atoms with E-state index in [1.54, 1.807) is 21.3 Å². The normalized spacial score (nSPS) is 11.6. The van der Waals surface area contributed by atoms with Crippen LogP contribution >= 0.6 is 0 Å². The monoisotopic (exact) mass is 557 g/mol. The molecule has 0 bridgehead atoms. The zero-order chi connectivity index (χ0) is 29.2. The number of nitrogens with one attached hydrogen (secondary N) is 1. The molecule has 0 aliphatic heterocycles. The number of fused-ring (bicyclic) bond motifs is 1. The maximum absolute atomic E-state index is 13.0. The fraction of sp³-hybridized carbons (Fsp3) is 0.333. The van der Waals surface area contributed by atoms with Crippen molar-refractivity contribution in [1.29, 1.82) is 0 Å². The summed E-state index contributed by atoms with van der Waals surface area (Å²) < 4.78 is 24.4. The molecule has 0 spiro atoms. The van der Waals surface area contributed by atoms with E-state index in [1.165, 1.54) is 0 Å². The lowest BCUT2D eigenvalue weighted by molar-refractivity contribution is -0.121. The third-order valence-electron chi connectivity index (χ3n) is 6.90. The summed E-state index contributed by atoms with van der Waals surface area (Å²) in [6, 6.07) is 19.3. The minimum Gasteiger partial charge on any atom is -0.493 e. The molecule has 0 aliphatic rings. The predicted molar refractivity (Wildman–Crippen MR) is 161 cm³/mol. The first-order valence-electron chi connectivity index (χ1n) is 13.8.